The molecule has 0 bridgehead atoms. The molecule has 9 heteroatoms. The van der Waals surface area contributed by atoms with Gasteiger partial charge in [0.05, 0.1) is 10.6 Å². The number of fused-ring (bicyclic) bond motifs is 1. The number of nitrogens with one attached hydrogen (secondary N) is 1. The van der Waals surface area contributed by atoms with Gasteiger partial charge < -0.3 is 4.42 Å². The minimum Gasteiger partial charge on any atom is -0.456 e. The first-order chi connectivity index (χ1) is 13.8. The Balaban J connectivity index is 1.82. The molecule has 1 aromatic heterocycles. The number of hydrogen-bond acceptors (Lipinski definition) is 5. The Morgan fingerprint density at radius 2 is 1.38 bits per heavy atom. The fraction of sp³-hybridized carbons (Fsp3) is 0. The molecular formula is C20H16N2O5S2. The number of primary sulfonamides is 1. The van der Waals surface area contributed by atoms with Crippen molar-refractivity contribution >= 4 is 36.7 Å². The van der Waals surface area contributed by atoms with Gasteiger partial charge in [0, 0.05) is 10.9 Å². The second kappa shape index (κ2) is 7.03. The lowest BCUT2D eigenvalue weighted by Gasteiger charge is -2.13. The van der Waals surface area contributed by atoms with E-state index in [1.54, 1.807) is 30.3 Å². The summed E-state index contributed by atoms with van der Waals surface area (Å²) in [5.41, 5.74) is 0.848. The summed E-state index contributed by atoms with van der Waals surface area (Å²) < 4.78 is 57.9. The average Bonchev–Trinajstić information content (AvgIpc) is 3.11. The molecule has 3 N–H and O–H groups in total. The van der Waals surface area contributed by atoms with Gasteiger partial charge in [0.2, 0.25) is 10.0 Å². The van der Waals surface area contributed by atoms with Gasteiger partial charge in [0.1, 0.15) is 16.2 Å². The Hall–Kier alpha value is -3.14. The number of rotatable bonds is 5. The normalized spacial score (nSPS) is 12.2. The highest BCUT2D eigenvalue weighted by atomic mass is 32.2. The third-order valence-corrected chi connectivity index (χ3v) is 6.70. The summed E-state index contributed by atoms with van der Waals surface area (Å²) in [5.74, 6) is 0.381. The molecule has 1 heterocycles. The van der Waals surface area contributed by atoms with Crippen LogP contribution in [0.2, 0.25) is 0 Å². The van der Waals surface area contributed by atoms with E-state index in [9.17, 15) is 16.8 Å². The summed E-state index contributed by atoms with van der Waals surface area (Å²) in [6, 6.07) is 20.9. The second-order valence-corrected chi connectivity index (χ2v) is 9.47. The highest BCUT2D eigenvalue weighted by Gasteiger charge is 2.24. The lowest BCUT2D eigenvalue weighted by atomic mass is 10.1. The van der Waals surface area contributed by atoms with E-state index in [0.717, 1.165) is 5.39 Å². The summed E-state index contributed by atoms with van der Waals surface area (Å²) in [6.45, 7) is 0. The predicted octanol–water partition coefficient (Wildman–Crippen LogP) is 3.55. The Morgan fingerprint density at radius 3 is 2.10 bits per heavy atom. The zero-order chi connectivity index (χ0) is 20.6. The Labute approximate surface area is 167 Å². The summed E-state index contributed by atoms with van der Waals surface area (Å²) in [7, 11) is -8.26. The molecule has 0 saturated carbocycles. The average molecular weight is 428 g/mol. The van der Waals surface area contributed by atoms with Gasteiger partial charge in [-0.3, -0.25) is 4.72 Å². The smallest absolute Gasteiger partial charge is 0.262 e. The molecule has 0 amide bonds. The van der Waals surface area contributed by atoms with Crippen LogP contribution in [0.5, 0.6) is 0 Å². The largest absolute Gasteiger partial charge is 0.456 e. The van der Waals surface area contributed by atoms with Gasteiger partial charge in [-0.1, -0.05) is 42.5 Å². The lowest BCUT2D eigenvalue weighted by molar-refractivity contribution is 0.597. The van der Waals surface area contributed by atoms with E-state index in [1.807, 2.05) is 18.2 Å². The van der Waals surface area contributed by atoms with Crippen molar-refractivity contribution in [2.45, 2.75) is 9.79 Å². The van der Waals surface area contributed by atoms with Crippen molar-refractivity contribution in [3.8, 4) is 11.3 Å². The Morgan fingerprint density at radius 1 is 0.759 bits per heavy atom. The van der Waals surface area contributed by atoms with Crippen molar-refractivity contribution in [1.29, 1.82) is 0 Å². The number of sulfonamides is 2. The van der Waals surface area contributed by atoms with Crippen molar-refractivity contribution in [3.63, 3.8) is 0 Å². The van der Waals surface area contributed by atoms with Gasteiger partial charge in [-0.05, 0) is 36.4 Å². The maximum atomic E-state index is 13.1. The predicted molar refractivity (Wildman–Crippen MR) is 110 cm³/mol. The van der Waals surface area contributed by atoms with Gasteiger partial charge in [0.15, 0.2) is 0 Å². The number of nitrogens with two attached hydrogens (primary N) is 1. The van der Waals surface area contributed by atoms with E-state index in [1.165, 1.54) is 30.3 Å². The van der Waals surface area contributed by atoms with Crippen LogP contribution in [0.25, 0.3) is 22.3 Å². The maximum absolute atomic E-state index is 13.1. The molecule has 0 aliphatic carbocycles. The first kappa shape index (κ1) is 19.2. The van der Waals surface area contributed by atoms with Crippen LogP contribution in [0.15, 0.2) is 93.1 Å². The third kappa shape index (κ3) is 3.75. The van der Waals surface area contributed by atoms with Crippen LogP contribution in [0.3, 0.4) is 0 Å². The summed E-state index contributed by atoms with van der Waals surface area (Å²) >= 11 is 0. The van der Waals surface area contributed by atoms with Gasteiger partial charge >= 0.3 is 0 Å². The molecule has 0 radical (unpaired) electrons. The molecule has 0 unspecified atom stereocenters. The first-order valence-electron chi connectivity index (χ1n) is 8.48. The van der Waals surface area contributed by atoms with E-state index in [0.29, 0.717) is 16.9 Å². The first-order valence-corrected chi connectivity index (χ1v) is 11.5. The molecule has 4 rings (SSSR count). The van der Waals surface area contributed by atoms with Crippen molar-refractivity contribution < 1.29 is 21.3 Å². The maximum Gasteiger partial charge on any atom is 0.262 e. The molecule has 0 saturated heterocycles. The quantitative estimate of drug-likeness (QED) is 0.504. The van der Waals surface area contributed by atoms with Crippen LogP contribution in [-0.4, -0.2) is 16.8 Å². The van der Waals surface area contributed by atoms with Gasteiger partial charge in [-0.25, -0.2) is 22.0 Å². The molecular weight excluding hydrogens is 412 g/mol. The van der Waals surface area contributed by atoms with Crippen molar-refractivity contribution in [3.05, 3.63) is 78.9 Å². The lowest BCUT2D eigenvalue weighted by Crippen LogP contribution is -2.19. The zero-order valence-corrected chi connectivity index (χ0v) is 16.6. The van der Waals surface area contributed by atoms with Gasteiger partial charge in [0.25, 0.3) is 10.0 Å². The minimum absolute atomic E-state index is 0.0525. The highest BCUT2D eigenvalue weighted by molar-refractivity contribution is 7.93. The Kier molecular flexibility index (Phi) is 4.65. The van der Waals surface area contributed by atoms with E-state index in [-0.39, 0.29) is 15.5 Å². The highest BCUT2D eigenvalue weighted by Crippen LogP contribution is 2.33. The van der Waals surface area contributed by atoms with Crippen LogP contribution in [0.1, 0.15) is 0 Å². The van der Waals surface area contributed by atoms with Crippen molar-refractivity contribution in [2.24, 2.45) is 5.14 Å². The molecule has 148 valence electrons. The fourth-order valence-corrected chi connectivity index (χ4v) is 5.07. The molecule has 4 aromatic rings. The summed E-state index contributed by atoms with van der Waals surface area (Å²) in [5, 5.41) is 6.04. The van der Waals surface area contributed by atoms with Gasteiger partial charge in [-0.2, -0.15) is 0 Å². The van der Waals surface area contributed by atoms with Crippen LogP contribution in [-0.2, 0) is 20.0 Å². The van der Waals surface area contributed by atoms with Crippen LogP contribution >= 0.6 is 0 Å². The molecule has 0 atom stereocenters. The standard InChI is InChI=1S/C20H16N2O5S2/c21-28(23,24)20-12-6-3-9-16(20)22-29(25,26)19-11-5-2-8-15(19)18-13-14-7-1-4-10-17(14)27-18/h1-13,22H,(H2,21,23,24). The molecule has 3 aromatic carbocycles. The van der Waals surface area contributed by atoms with E-state index >= 15 is 0 Å². The zero-order valence-electron chi connectivity index (χ0n) is 14.9. The Bertz CT molecular complexity index is 1390. The number of hydrogen-bond donors (Lipinski definition) is 2. The van der Waals surface area contributed by atoms with Crippen LogP contribution in [0, 0.1) is 0 Å². The number of para-hydroxylation sites is 2. The second-order valence-electron chi connectivity index (χ2n) is 6.29. The van der Waals surface area contributed by atoms with Gasteiger partial charge in [-0.15, -0.1) is 0 Å². The third-order valence-electron chi connectivity index (χ3n) is 4.31. The number of benzene rings is 3. The molecule has 29 heavy (non-hydrogen) atoms. The van der Waals surface area contributed by atoms with E-state index in [2.05, 4.69) is 4.72 Å². The van der Waals surface area contributed by atoms with Crippen LogP contribution < -0.4 is 9.86 Å². The fourth-order valence-electron chi connectivity index (χ4n) is 3.02. The van der Waals surface area contributed by atoms with E-state index in [4.69, 9.17) is 9.56 Å². The number of anilines is 1. The number of furan rings is 1. The topological polar surface area (TPSA) is 119 Å². The molecule has 0 aliphatic heterocycles. The van der Waals surface area contributed by atoms with Crippen LogP contribution in [0.4, 0.5) is 5.69 Å². The monoisotopic (exact) mass is 428 g/mol. The SMILES string of the molecule is NS(=O)(=O)c1ccccc1NS(=O)(=O)c1ccccc1-c1cc2ccccc2o1. The molecule has 7 nitrogen and oxygen atoms in total. The van der Waals surface area contributed by atoms with Crippen molar-refractivity contribution in [1.82, 2.24) is 0 Å². The van der Waals surface area contributed by atoms with E-state index < -0.39 is 20.0 Å². The molecule has 0 aliphatic rings. The molecule has 0 fully saturated rings. The summed E-state index contributed by atoms with van der Waals surface area (Å²) in [6.07, 6.45) is 0. The summed E-state index contributed by atoms with van der Waals surface area (Å²) in [4.78, 5) is -0.368. The minimum atomic E-state index is -4.14. The van der Waals surface area contributed by atoms with Crippen molar-refractivity contribution in [2.75, 3.05) is 4.72 Å². The molecule has 0 spiro atoms.